The van der Waals surface area contributed by atoms with Crippen molar-refractivity contribution in [1.29, 1.82) is 5.26 Å². The van der Waals surface area contributed by atoms with E-state index >= 15 is 0 Å². The van der Waals surface area contributed by atoms with E-state index in [1.807, 2.05) is 24.5 Å². The Morgan fingerprint density at radius 2 is 2.12 bits per heavy atom. The van der Waals surface area contributed by atoms with Crippen molar-refractivity contribution in [3.05, 3.63) is 52.8 Å². The third-order valence-corrected chi connectivity index (χ3v) is 3.44. The third-order valence-electron chi connectivity index (χ3n) is 3.44. The van der Waals surface area contributed by atoms with Crippen molar-refractivity contribution in [1.82, 2.24) is 9.99 Å². The van der Waals surface area contributed by atoms with Crippen molar-refractivity contribution in [3.63, 3.8) is 0 Å². The number of carbonyl (C=O) groups is 2. The first-order valence-corrected chi connectivity index (χ1v) is 7.13. The Balaban J connectivity index is 2.31. The van der Waals surface area contributed by atoms with Gasteiger partial charge in [0.2, 0.25) is 0 Å². The number of amides is 1. The zero-order chi connectivity index (χ0) is 17.7. The highest BCUT2D eigenvalue weighted by atomic mass is 16.4. The third kappa shape index (κ3) is 3.67. The van der Waals surface area contributed by atoms with E-state index in [9.17, 15) is 14.7 Å². The minimum absolute atomic E-state index is 0.0963. The number of aromatic nitrogens is 1. The molecule has 122 valence electrons. The quantitative estimate of drug-likeness (QED) is 0.648. The molecule has 0 atom stereocenters. The molecule has 0 fully saturated rings. The van der Waals surface area contributed by atoms with E-state index in [4.69, 9.17) is 5.26 Å². The smallest absolute Gasteiger partial charge is 0.254 e. The Kier molecular flexibility index (Phi) is 5.12. The van der Waals surface area contributed by atoms with Crippen molar-refractivity contribution in [2.24, 2.45) is 5.10 Å². The number of rotatable bonds is 5. The van der Waals surface area contributed by atoms with Crippen molar-refractivity contribution < 1.29 is 14.7 Å². The molecule has 0 radical (unpaired) electrons. The molecule has 0 aliphatic heterocycles. The lowest BCUT2D eigenvalue weighted by Crippen LogP contribution is -2.22. The number of nitrogens with zero attached hydrogens (tertiary/aromatic N) is 3. The minimum atomic E-state index is -1.23. The number of aromatic carboxylic acids is 1. The number of carbonyl (C=O) groups excluding carboxylic acids is 2. The second-order valence-electron chi connectivity index (χ2n) is 5.13. The molecule has 1 heterocycles. The summed E-state index contributed by atoms with van der Waals surface area (Å²) < 4.78 is 1.88. The number of hydrogen-bond acceptors (Lipinski definition) is 5. The van der Waals surface area contributed by atoms with Gasteiger partial charge in [-0.05, 0) is 37.6 Å². The molecule has 0 spiro atoms. The van der Waals surface area contributed by atoms with Gasteiger partial charge in [-0.15, -0.1) is 0 Å². The average molecular weight is 323 g/mol. The Morgan fingerprint density at radius 3 is 2.79 bits per heavy atom. The summed E-state index contributed by atoms with van der Waals surface area (Å²) in [5.41, 5.74) is 5.54. The molecule has 0 aliphatic rings. The van der Waals surface area contributed by atoms with Crippen LogP contribution in [0, 0.1) is 25.2 Å². The fourth-order valence-corrected chi connectivity index (χ4v) is 2.37. The van der Waals surface area contributed by atoms with Gasteiger partial charge in [-0.1, -0.05) is 12.1 Å². The summed E-state index contributed by atoms with van der Waals surface area (Å²) in [5, 5.41) is 23.2. The number of aryl methyl sites for hydroxylation is 1. The van der Waals surface area contributed by atoms with Crippen LogP contribution in [0.15, 0.2) is 35.4 Å². The predicted octanol–water partition coefficient (Wildman–Crippen LogP) is 0.821. The van der Waals surface area contributed by atoms with Gasteiger partial charge in [-0.3, -0.25) is 4.79 Å². The second kappa shape index (κ2) is 7.24. The zero-order valence-corrected chi connectivity index (χ0v) is 13.2. The summed E-state index contributed by atoms with van der Waals surface area (Å²) >= 11 is 0. The van der Waals surface area contributed by atoms with Crippen molar-refractivity contribution >= 4 is 18.1 Å². The molecule has 1 aromatic heterocycles. The molecule has 0 unspecified atom stereocenters. The molecule has 2 rings (SSSR count). The van der Waals surface area contributed by atoms with Gasteiger partial charge in [0.25, 0.3) is 5.91 Å². The molecule has 1 N–H and O–H groups in total. The standard InChI is InChI=1S/C17H16N4O3/c1-11-8-14(10-19-20-16(22)6-7-18)12(2)21(11)15-5-3-4-13(9-15)17(23)24/h3-5,8-10H,6H2,1-2H3,(H,20,22)(H,23,24)/p-1/b19-10-. The summed E-state index contributed by atoms with van der Waals surface area (Å²) in [6, 6.07) is 10.0. The van der Waals surface area contributed by atoms with Gasteiger partial charge in [-0.2, -0.15) is 10.4 Å². The topological polar surface area (TPSA) is 110 Å². The van der Waals surface area contributed by atoms with E-state index in [1.165, 1.54) is 18.3 Å². The maximum absolute atomic E-state index is 11.2. The molecule has 0 saturated heterocycles. The lowest BCUT2D eigenvalue weighted by atomic mass is 10.2. The predicted molar refractivity (Wildman–Crippen MR) is 85.5 cm³/mol. The second-order valence-corrected chi connectivity index (χ2v) is 5.13. The van der Waals surface area contributed by atoms with Gasteiger partial charge in [0, 0.05) is 22.6 Å². The van der Waals surface area contributed by atoms with Gasteiger partial charge in [0.1, 0.15) is 6.42 Å². The molecular formula is C17H15N4O3-. The molecular weight excluding hydrogens is 308 g/mol. The Morgan fingerprint density at radius 1 is 1.38 bits per heavy atom. The van der Waals surface area contributed by atoms with Crippen molar-refractivity contribution in [2.75, 3.05) is 0 Å². The normalized spacial score (nSPS) is 10.5. The molecule has 0 aliphatic carbocycles. The molecule has 1 amide bonds. The largest absolute Gasteiger partial charge is 0.545 e. The summed E-state index contributed by atoms with van der Waals surface area (Å²) in [5.74, 6) is -1.72. The number of carboxylic acid groups (broad SMARTS) is 1. The lowest BCUT2D eigenvalue weighted by molar-refractivity contribution is -0.255. The summed E-state index contributed by atoms with van der Waals surface area (Å²) in [6.07, 6.45) is 1.23. The van der Waals surface area contributed by atoms with Crippen LogP contribution in [-0.4, -0.2) is 22.7 Å². The lowest BCUT2D eigenvalue weighted by Gasteiger charge is -2.11. The molecule has 24 heavy (non-hydrogen) atoms. The van der Waals surface area contributed by atoms with Crippen molar-refractivity contribution in [3.8, 4) is 11.8 Å². The summed E-state index contributed by atoms with van der Waals surface area (Å²) in [4.78, 5) is 22.2. The van der Waals surface area contributed by atoms with Crippen LogP contribution in [-0.2, 0) is 4.79 Å². The van der Waals surface area contributed by atoms with E-state index in [0.29, 0.717) is 5.69 Å². The zero-order valence-electron chi connectivity index (χ0n) is 13.2. The minimum Gasteiger partial charge on any atom is -0.545 e. The number of nitrogens with one attached hydrogen (secondary N) is 1. The fraction of sp³-hybridized carbons (Fsp3) is 0.176. The molecule has 2 aromatic rings. The van der Waals surface area contributed by atoms with Crippen LogP contribution in [0.1, 0.15) is 33.7 Å². The maximum Gasteiger partial charge on any atom is 0.254 e. The van der Waals surface area contributed by atoms with Gasteiger partial charge in [0.15, 0.2) is 0 Å². The highest BCUT2D eigenvalue weighted by Gasteiger charge is 2.10. The van der Waals surface area contributed by atoms with Gasteiger partial charge in [0.05, 0.1) is 18.3 Å². The van der Waals surface area contributed by atoms with Gasteiger partial charge >= 0.3 is 0 Å². The highest BCUT2D eigenvalue weighted by Crippen LogP contribution is 2.20. The number of benzene rings is 1. The number of hydrogen-bond donors (Lipinski definition) is 1. The molecule has 0 bridgehead atoms. The van der Waals surface area contributed by atoms with Crippen LogP contribution in [0.3, 0.4) is 0 Å². The Labute approximate surface area is 138 Å². The first-order chi connectivity index (χ1) is 11.4. The van der Waals surface area contributed by atoms with Crippen LogP contribution in [0.4, 0.5) is 0 Å². The van der Waals surface area contributed by atoms with E-state index in [2.05, 4.69) is 10.5 Å². The van der Waals surface area contributed by atoms with E-state index < -0.39 is 11.9 Å². The highest BCUT2D eigenvalue weighted by molar-refractivity contribution is 5.87. The number of nitriles is 1. The van der Waals surface area contributed by atoms with E-state index in [1.54, 1.807) is 18.2 Å². The summed E-state index contributed by atoms with van der Waals surface area (Å²) in [7, 11) is 0. The van der Waals surface area contributed by atoms with Crippen LogP contribution in [0.5, 0.6) is 0 Å². The number of carboxylic acids is 1. The van der Waals surface area contributed by atoms with E-state index in [-0.39, 0.29) is 12.0 Å². The van der Waals surface area contributed by atoms with E-state index in [0.717, 1.165) is 17.0 Å². The number of hydrazone groups is 1. The van der Waals surface area contributed by atoms with Gasteiger partial charge in [-0.25, -0.2) is 5.43 Å². The van der Waals surface area contributed by atoms with Crippen LogP contribution in [0.25, 0.3) is 5.69 Å². The first-order valence-electron chi connectivity index (χ1n) is 7.13. The van der Waals surface area contributed by atoms with Crippen LogP contribution < -0.4 is 10.5 Å². The molecule has 7 nitrogen and oxygen atoms in total. The first kappa shape index (κ1) is 17.0. The average Bonchev–Trinajstić information content (AvgIpc) is 2.82. The molecule has 0 saturated carbocycles. The molecule has 7 heteroatoms. The molecule has 1 aromatic carbocycles. The summed E-state index contributed by atoms with van der Waals surface area (Å²) in [6.45, 7) is 3.74. The maximum atomic E-state index is 11.2. The van der Waals surface area contributed by atoms with Crippen molar-refractivity contribution in [2.45, 2.75) is 20.3 Å². The van der Waals surface area contributed by atoms with Gasteiger partial charge < -0.3 is 14.5 Å². The van der Waals surface area contributed by atoms with Crippen LogP contribution in [0.2, 0.25) is 0 Å². The fourth-order valence-electron chi connectivity index (χ4n) is 2.37. The van der Waals surface area contributed by atoms with Crippen LogP contribution >= 0.6 is 0 Å². The Hall–Kier alpha value is -3.40. The monoisotopic (exact) mass is 323 g/mol. The SMILES string of the molecule is Cc1cc(/C=N\NC(=O)CC#N)c(C)n1-c1cccc(C(=O)[O-])c1. The Bertz CT molecular complexity index is 859.